The van der Waals surface area contributed by atoms with E-state index in [0.29, 0.717) is 6.61 Å². The van der Waals surface area contributed by atoms with Crippen LogP contribution in [-0.2, 0) is 6.42 Å². The second-order valence-corrected chi connectivity index (χ2v) is 4.88. The lowest BCUT2D eigenvalue weighted by molar-refractivity contribution is 0.340. The fourth-order valence-corrected chi connectivity index (χ4v) is 2.24. The molecular formula is C16H18ClNO. The summed E-state index contributed by atoms with van der Waals surface area (Å²) in [6.45, 7) is 2.65. The normalized spacial score (nSPS) is 12.2. The van der Waals surface area contributed by atoms with Crippen LogP contribution in [0.2, 0.25) is 5.02 Å². The molecule has 2 aromatic carbocycles. The smallest absolute Gasteiger partial charge is 0.119 e. The van der Waals surface area contributed by atoms with Crippen LogP contribution in [0.3, 0.4) is 0 Å². The summed E-state index contributed by atoms with van der Waals surface area (Å²) in [7, 11) is 0. The highest BCUT2D eigenvalue weighted by Gasteiger charge is 2.08. The van der Waals surface area contributed by atoms with E-state index in [-0.39, 0.29) is 6.04 Å². The summed E-state index contributed by atoms with van der Waals surface area (Å²) in [5.41, 5.74) is 8.44. The predicted octanol–water partition coefficient (Wildman–Crippen LogP) is 3.98. The van der Waals surface area contributed by atoms with Gasteiger partial charge in [0.1, 0.15) is 5.75 Å². The van der Waals surface area contributed by atoms with E-state index in [1.165, 1.54) is 5.56 Å². The highest BCUT2D eigenvalue weighted by Crippen LogP contribution is 2.21. The Labute approximate surface area is 119 Å². The highest BCUT2D eigenvalue weighted by molar-refractivity contribution is 6.30. The summed E-state index contributed by atoms with van der Waals surface area (Å²) in [6.07, 6.45) is 0.765. The maximum atomic E-state index is 6.22. The molecule has 0 aliphatic carbocycles. The molecule has 0 spiro atoms. The van der Waals surface area contributed by atoms with Crippen molar-refractivity contribution >= 4 is 11.6 Å². The Hall–Kier alpha value is -1.51. The summed E-state index contributed by atoms with van der Waals surface area (Å²) in [4.78, 5) is 0. The Balaban J connectivity index is 2.10. The molecule has 2 aromatic rings. The van der Waals surface area contributed by atoms with Crippen molar-refractivity contribution in [1.29, 1.82) is 0 Å². The van der Waals surface area contributed by atoms with Gasteiger partial charge in [-0.15, -0.1) is 0 Å². The van der Waals surface area contributed by atoms with Crippen LogP contribution in [0.25, 0.3) is 0 Å². The molecule has 100 valence electrons. The Morgan fingerprint density at radius 3 is 2.68 bits per heavy atom. The SMILES string of the molecule is CCOc1cccc(CC(N)c2cccc(Cl)c2)c1. The van der Waals surface area contributed by atoms with Crippen molar-refractivity contribution in [2.24, 2.45) is 5.73 Å². The Morgan fingerprint density at radius 1 is 1.16 bits per heavy atom. The molecule has 0 aliphatic heterocycles. The molecule has 0 bridgehead atoms. The third-order valence-electron chi connectivity index (χ3n) is 2.94. The van der Waals surface area contributed by atoms with Gasteiger partial charge in [-0.1, -0.05) is 35.9 Å². The standard InChI is InChI=1S/C16H18ClNO/c1-2-19-15-8-3-5-12(9-15)10-16(18)13-6-4-7-14(17)11-13/h3-9,11,16H,2,10,18H2,1H3. The van der Waals surface area contributed by atoms with E-state index in [1.807, 2.05) is 49.4 Å². The Kier molecular flexibility index (Phi) is 4.83. The quantitative estimate of drug-likeness (QED) is 0.896. The molecule has 1 atom stereocenters. The molecule has 0 aromatic heterocycles. The number of nitrogens with two attached hydrogens (primary N) is 1. The molecule has 0 radical (unpaired) electrons. The van der Waals surface area contributed by atoms with Crippen molar-refractivity contribution in [3.63, 3.8) is 0 Å². The number of hydrogen-bond donors (Lipinski definition) is 1. The molecule has 0 aliphatic rings. The average molecular weight is 276 g/mol. The van der Waals surface area contributed by atoms with Gasteiger partial charge in [-0.2, -0.15) is 0 Å². The van der Waals surface area contributed by atoms with Gasteiger partial charge in [0.2, 0.25) is 0 Å². The van der Waals surface area contributed by atoms with Crippen LogP contribution < -0.4 is 10.5 Å². The minimum Gasteiger partial charge on any atom is -0.494 e. The Morgan fingerprint density at radius 2 is 1.95 bits per heavy atom. The van der Waals surface area contributed by atoms with Crippen molar-refractivity contribution in [3.8, 4) is 5.75 Å². The molecular weight excluding hydrogens is 258 g/mol. The zero-order chi connectivity index (χ0) is 13.7. The first-order chi connectivity index (χ1) is 9.19. The van der Waals surface area contributed by atoms with E-state index in [4.69, 9.17) is 22.1 Å². The first-order valence-corrected chi connectivity index (χ1v) is 6.79. The first-order valence-electron chi connectivity index (χ1n) is 6.42. The van der Waals surface area contributed by atoms with Gasteiger partial charge < -0.3 is 10.5 Å². The monoisotopic (exact) mass is 275 g/mol. The van der Waals surface area contributed by atoms with E-state index >= 15 is 0 Å². The molecule has 2 nitrogen and oxygen atoms in total. The van der Waals surface area contributed by atoms with E-state index < -0.39 is 0 Å². The van der Waals surface area contributed by atoms with Gasteiger partial charge in [0.25, 0.3) is 0 Å². The maximum Gasteiger partial charge on any atom is 0.119 e. The molecule has 0 saturated heterocycles. The summed E-state index contributed by atoms with van der Waals surface area (Å²) in [5, 5.41) is 0.719. The predicted molar refractivity (Wildman–Crippen MR) is 79.7 cm³/mol. The van der Waals surface area contributed by atoms with Crippen molar-refractivity contribution in [2.75, 3.05) is 6.61 Å². The third kappa shape index (κ3) is 3.98. The zero-order valence-electron chi connectivity index (χ0n) is 11.0. The number of halogens is 1. The molecule has 2 N–H and O–H groups in total. The summed E-state index contributed by atoms with van der Waals surface area (Å²) < 4.78 is 5.49. The van der Waals surface area contributed by atoms with Crippen molar-refractivity contribution in [3.05, 3.63) is 64.7 Å². The molecule has 19 heavy (non-hydrogen) atoms. The second kappa shape index (κ2) is 6.60. The van der Waals surface area contributed by atoms with Gasteiger partial charge in [0, 0.05) is 11.1 Å². The van der Waals surface area contributed by atoms with E-state index in [9.17, 15) is 0 Å². The molecule has 0 amide bonds. The van der Waals surface area contributed by atoms with E-state index in [0.717, 1.165) is 22.8 Å². The molecule has 0 heterocycles. The second-order valence-electron chi connectivity index (χ2n) is 4.45. The van der Waals surface area contributed by atoms with Crippen molar-refractivity contribution in [1.82, 2.24) is 0 Å². The zero-order valence-corrected chi connectivity index (χ0v) is 11.7. The fraction of sp³-hybridized carbons (Fsp3) is 0.250. The minimum absolute atomic E-state index is 0.0597. The van der Waals surface area contributed by atoms with Gasteiger partial charge in [-0.25, -0.2) is 0 Å². The largest absolute Gasteiger partial charge is 0.494 e. The van der Waals surface area contributed by atoms with Crippen LogP contribution in [0.4, 0.5) is 0 Å². The maximum absolute atomic E-state index is 6.22. The minimum atomic E-state index is -0.0597. The lowest BCUT2D eigenvalue weighted by atomic mass is 10.00. The van der Waals surface area contributed by atoms with Gasteiger partial charge in [0.05, 0.1) is 6.61 Å². The fourth-order valence-electron chi connectivity index (χ4n) is 2.04. The van der Waals surface area contributed by atoms with Crippen LogP contribution >= 0.6 is 11.6 Å². The van der Waals surface area contributed by atoms with Crippen LogP contribution in [0.5, 0.6) is 5.75 Å². The van der Waals surface area contributed by atoms with Gasteiger partial charge >= 0.3 is 0 Å². The van der Waals surface area contributed by atoms with Crippen molar-refractivity contribution < 1.29 is 4.74 Å². The van der Waals surface area contributed by atoms with Gasteiger partial charge in [-0.05, 0) is 48.7 Å². The van der Waals surface area contributed by atoms with E-state index in [2.05, 4.69) is 6.07 Å². The number of benzene rings is 2. The molecule has 1 unspecified atom stereocenters. The van der Waals surface area contributed by atoms with Crippen LogP contribution in [0, 0.1) is 0 Å². The molecule has 0 fully saturated rings. The van der Waals surface area contributed by atoms with Gasteiger partial charge in [-0.3, -0.25) is 0 Å². The Bertz CT molecular complexity index is 542. The average Bonchev–Trinajstić information content (AvgIpc) is 2.39. The lowest BCUT2D eigenvalue weighted by Gasteiger charge is -2.13. The van der Waals surface area contributed by atoms with Gasteiger partial charge in [0.15, 0.2) is 0 Å². The van der Waals surface area contributed by atoms with Crippen molar-refractivity contribution in [2.45, 2.75) is 19.4 Å². The topological polar surface area (TPSA) is 35.2 Å². The molecule has 0 saturated carbocycles. The summed E-state index contributed by atoms with van der Waals surface area (Å²) in [5.74, 6) is 0.887. The third-order valence-corrected chi connectivity index (χ3v) is 3.18. The molecule has 3 heteroatoms. The number of rotatable bonds is 5. The highest BCUT2D eigenvalue weighted by atomic mass is 35.5. The van der Waals surface area contributed by atoms with Crippen LogP contribution in [0.1, 0.15) is 24.1 Å². The summed E-state index contributed by atoms with van der Waals surface area (Å²) >= 11 is 5.98. The van der Waals surface area contributed by atoms with Crippen LogP contribution in [-0.4, -0.2) is 6.61 Å². The lowest BCUT2D eigenvalue weighted by Crippen LogP contribution is -2.13. The van der Waals surface area contributed by atoms with Crippen LogP contribution in [0.15, 0.2) is 48.5 Å². The van der Waals surface area contributed by atoms with E-state index in [1.54, 1.807) is 0 Å². The number of hydrogen-bond acceptors (Lipinski definition) is 2. The number of ether oxygens (including phenoxy) is 1. The summed E-state index contributed by atoms with van der Waals surface area (Å²) in [6, 6.07) is 15.7. The first kappa shape index (κ1) is 13.9. The molecule has 2 rings (SSSR count).